The molecule has 0 bridgehead atoms. The number of aliphatic imine (C=N–C) groups is 1. The first-order chi connectivity index (χ1) is 14.7. The normalized spacial score (nSPS) is 16.4. The van der Waals surface area contributed by atoms with Gasteiger partial charge in [-0.05, 0) is 46.0 Å². The zero-order chi connectivity index (χ0) is 23.0. The van der Waals surface area contributed by atoms with Crippen LogP contribution in [0.3, 0.4) is 0 Å². The average Bonchev–Trinajstić information content (AvgIpc) is 2.71. The Morgan fingerprint density at radius 2 is 1.78 bits per heavy atom. The quantitative estimate of drug-likeness (QED) is 0.288. The average molecular weight is 566 g/mol. The third-order valence-electron chi connectivity index (χ3n) is 5.51. The summed E-state index contributed by atoms with van der Waals surface area (Å²) < 4.78 is 28.6. The maximum absolute atomic E-state index is 14.3. The van der Waals surface area contributed by atoms with E-state index in [2.05, 4.69) is 20.5 Å². The molecule has 0 aromatic heterocycles. The maximum Gasteiger partial charge on any atom is 0.236 e. The standard InChI is InChI=1S/C22H36F2N6O.HI/c1-6-25-22(27-16-10-12-30(13-11-16)15-20(31)29(4)5)26-14-19(28(2)3)21-17(23)8-7-9-18(21)24;/h7-9,16,19H,6,10-15H2,1-5H3,(H2,25,26,27);1H. The highest BCUT2D eigenvalue weighted by atomic mass is 127. The lowest BCUT2D eigenvalue weighted by Gasteiger charge is -2.33. The number of nitrogens with one attached hydrogen (secondary N) is 2. The SMILES string of the molecule is CCNC(=NCC(c1c(F)cccc1F)N(C)C)NC1CCN(CC(=O)N(C)C)CC1.I. The number of piperidine rings is 1. The minimum atomic E-state index is -0.563. The smallest absolute Gasteiger partial charge is 0.236 e. The van der Waals surface area contributed by atoms with E-state index in [0.717, 1.165) is 25.9 Å². The van der Waals surface area contributed by atoms with Gasteiger partial charge in [0.05, 0.1) is 19.1 Å². The number of carbonyl (C=O) groups is 1. The van der Waals surface area contributed by atoms with Crippen LogP contribution in [-0.2, 0) is 4.79 Å². The summed E-state index contributed by atoms with van der Waals surface area (Å²) in [5, 5.41) is 6.66. The summed E-state index contributed by atoms with van der Waals surface area (Å²) >= 11 is 0. The van der Waals surface area contributed by atoms with Crippen LogP contribution in [0.15, 0.2) is 23.2 Å². The lowest BCUT2D eigenvalue weighted by Crippen LogP contribution is -2.50. The van der Waals surface area contributed by atoms with E-state index < -0.39 is 17.7 Å². The Hall–Kier alpha value is -1.53. The molecule has 2 rings (SSSR count). The number of likely N-dealkylation sites (tertiary alicyclic amines) is 1. The van der Waals surface area contributed by atoms with Crippen LogP contribution < -0.4 is 10.6 Å². The predicted molar refractivity (Wildman–Crippen MR) is 135 cm³/mol. The molecule has 1 aliphatic rings. The molecule has 0 aliphatic carbocycles. The van der Waals surface area contributed by atoms with Crippen molar-refractivity contribution in [2.24, 2.45) is 4.99 Å². The molecule has 1 amide bonds. The highest BCUT2D eigenvalue weighted by Gasteiger charge is 2.24. The van der Waals surface area contributed by atoms with Gasteiger partial charge in [-0.2, -0.15) is 0 Å². The molecule has 7 nitrogen and oxygen atoms in total. The Morgan fingerprint density at radius 1 is 1.19 bits per heavy atom. The number of amides is 1. The van der Waals surface area contributed by atoms with Crippen molar-refractivity contribution < 1.29 is 13.6 Å². The first-order valence-electron chi connectivity index (χ1n) is 10.8. The van der Waals surface area contributed by atoms with Crippen molar-refractivity contribution >= 4 is 35.8 Å². The number of carbonyl (C=O) groups excluding carboxylic acids is 1. The number of likely N-dealkylation sites (N-methyl/N-ethyl adjacent to an activating group) is 2. The van der Waals surface area contributed by atoms with Gasteiger partial charge in [-0.1, -0.05) is 6.07 Å². The van der Waals surface area contributed by atoms with E-state index >= 15 is 0 Å². The van der Waals surface area contributed by atoms with Crippen LogP contribution >= 0.6 is 24.0 Å². The second-order valence-electron chi connectivity index (χ2n) is 8.32. The van der Waals surface area contributed by atoms with Gasteiger partial charge < -0.3 is 20.4 Å². The van der Waals surface area contributed by atoms with Gasteiger partial charge in [0, 0.05) is 45.3 Å². The molecule has 0 saturated carbocycles. The van der Waals surface area contributed by atoms with Crippen LogP contribution in [0.4, 0.5) is 8.78 Å². The highest BCUT2D eigenvalue weighted by Crippen LogP contribution is 2.24. The van der Waals surface area contributed by atoms with Crippen molar-refractivity contribution in [3.8, 4) is 0 Å². The molecule has 1 fully saturated rings. The van der Waals surface area contributed by atoms with Gasteiger partial charge in [0.1, 0.15) is 11.6 Å². The van der Waals surface area contributed by atoms with E-state index in [1.54, 1.807) is 38.0 Å². The lowest BCUT2D eigenvalue weighted by molar-refractivity contribution is -0.130. The van der Waals surface area contributed by atoms with Crippen LogP contribution in [0.1, 0.15) is 31.4 Å². The molecule has 1 heterocycles. The van der Waals surface area contributed by atoms with Crippen molar-refractivity contribution in [2.45, 2.75) is 31.8 Å². The number of rotatable bonds is 8. The summed E-state index contributed by atoms with van der Waals surface area (Å²) in [4.78, 5) is 22.1. The van der Waals surface area contributed by atoms with Crippen LogP contribution in [0.2, 0.25) is 0 Å². The van der Waals surface area contributed by atoms with E-state index in [1.807, 2.05) is 6.92 Å². The van der Waals surface area contributed by atoms with Gasteiger partial charge in [-0.3, -0.25) is 14.7 Å². The minimum absolute atomic E-state index is 0. The summed E-state index contributed by atoms with van der Waals surface area (Å²) in [6.07, 6.45) is 1.79. The van der Waals surface area contributed by atoms with Crippen molar-refractivity contribution in [3.05, 3.63) is 35.4 Å². The first-order valence-corrected chi connectivity index (χ1v) is 10.8. The summed E-state index contributed by atoms with van der Waals surface area (Å²) in [5.41, 5.74) is 0.0333. The number of halogens is 3. The minimum Gasteiger partial charge on any atom is -0.357 e. The van der Waals surface area contributed by atoms with E-state index in [1.165, 1.54) is 18.2 Å². The van der Waals surface area contributed by atoms with Gasteiger partial charge in [-0.25, -0.2) is 8.78 Å². The lowest BCUT2D eigenvalue weighted by atomic mass is 10.0. The van der Waals surface area contributed by atoms with Gasteiger partial charge in [0.25, 0.3) is 0 Å². The molecule has 0 radical (unpaired) electrons. The van der Waals surface area contributed by atoms with Crippen molar-refractivity contribution in [1.82, 2.24) is 25.3 Å². The third kappa shape index (κ3) is 8.43. The number of hydrogen-bond acceptors (Lipinski definition) is 4. The first kappa shape index (κ1) is 28.5. The number of nitrogens with zero attached hydrogens (tertiary/aromatic N) is 4. The van der Waals surface area contributed by atoms with E-state index in [0.29, 0.717) is 19.0 Å². The van der Waals surface area contributed by atoms with Gasteiger partial charge in [-0.15, -0.1) is 24.0 Å². The molecule has 1 aliphatic heterocycles. The zero-order valence-corrected chi connectivity index (χ0v) is 22.0. The monoisotopic (exact) mass is 566 g/mol. The number of guanidine groups is 1. The van der Waals surface area contributed by atoms with Gasteiger partial charge in [0.15, 0.2) is 5.96 Å². The highest BCUT2D eigenvalue weighted by molar-refractivity contribution is 14.0. The molecule has 10 heteroatoms. The van der Waals surface area contributed by atoms with Crippen LogP contribution in [-0.4, -0.2) is 93.5 Å². The Labute approximate surface area is 207 Å². The largest absolute Gasteiger partial charge is 0.357 e. The number of hydrogen-bond donors (Lipinski definition) is 2. The van der Waals surface area contributed by atoms with Crippen molar-refractivity contribution in [3.63, 3.8) is 0 Å². The van der Waals surface area contributed by atoms with Crippen LogP contribution in [0.5, 0.6) is 0 Å². The summed E-state index contributed by atoms with van der Waals surface area (Å²) in [5.74, 6) is -0.386. The molecule has 2 N–H and O–H groups in total. The fourth-order valence-corrected chi connectivity index (χ4v) is 3.60. The predicted octanol–water partition coefficient (Wildman–Crippen LogP) is 2.29. The van der Waals surface area contributed by atoms with Gasteiger partial charge >= 0.3 is 0 Å². The van der Waals surface area contributed by atoms with Crippen molar-refractivity contribution in [2.75, 3.05) is 60.9 Å². The van der Waals surface area contributed by atoms with Gasteiger partial charge in [0.2, 0.25) is 5.91 Å². The molecule has 182 valence electrons. The Kier molecular flexibility index (Phi) is 12.4. The van der Waals surface area contributed by atoms with E-state index in [9.17, 15) is 13.6 Å². The molecule has 1 aromatic carbocycles. The van der Waals surface area contributed by atoms with E-state index in [-0.39, 0.29) is 48.0 Å². The molecule has 1 atom stereocenters. The molecule has 0 spiro atoms. The second kappa shape index (κ2) is 13.9. The van der Waals surface area contributed by atoms with Crippen LogP contribution in [0.25, 0.3) is 0 Å². The van der Waals surface area contributed by atoms with Crippen molar-refractivity contribution in [1.29, 1.82) is 0 Å². The summed E-state index contributed by atoms with van der Waals surface area (Å²) in [6, 6.07) is 3.63. The number of benzene rings is 1. The fraction of sp³-hybridized carbons (Fsp3) is 0.636. The molecule has 1 saturated heterocycles. The Morgan fingerprint density at radius 3 is 2.28 bits per heavy atom. The molecule has 1 unspecified atom stereocenters. The Bertz CT molecular complexity index is 734. The summed E-state index contributed by atoms with van der Waals surface area (Å²) in [7, 11) is 7.11. The van der Waals surface area contributed by atoms with E-state index in [4.69, 9.17) is 0 Å². The zero-order valence-electron chi connectivity index (χ0n) is 19.7. The second-order valence-corrected chi connectivity index (χ2v) is 8.32. The topological polar surface area (TPSA) is 63.2 Å². The molecule has 32 heavy (non-hydrogen) atoms. The third-order valence-corrected chi connectivity index (χ3v) is 5.51. The molecular formula is C22H37F2IN6O. The fourth-order valence-electron chi connectivity index (χ4n) is 3.60. The van der Waals surface area contributed by atoms with Crippen LogP contribution in [0, 0.1) is 11.6 Å². The Balaban J connectivity index is 0.00000512. The maximum atomic E-state index is 14.3. The molecule has 1 aromatic rings. The molecular weight excluding hydrogens is 529 g/mol. The summed E-state index contributed by atoms with van der Waals surface area (Å²) in [6.45, 7) is 4.98.